The van der Waals surface area contributed by atoms with Gasteiger partial charge in [-0.1, -0.05) is 18.2 Å². The van der Waals surface area contributed by atoms with Gasteiger partial charge in [-0.25, -0.2) is 0 Å². The molecule has 116 valence electrons. The summed E-state index contributed by atoms with van der Waals surface area (Å²) in [5.41, 5.74) is 2.70. The average molecular weight is 291 g/mol. The minimum absolute atomic E-state index is 0.0336. The van der Waals surface area contributed by atoms with E-state index in [2.05, 4.69) is 46.7 Å². The van der Waals surface area contributed by atoms with Gasteiger partial charge in [0.25, 0.3) is 0 Å². The Balaban J connectivity index is 1.70. The fourth-order valence-electron chi connectivity index (χ4n) is 2.72. The molecule has 0 fully saturated rings. The second kappa shape index (κ2) is 8.00. The molecule has 5 nitrogen and oxygen atoms in total. The van der Waals surface area contributed by atoms with Gasteiger partial charge in [-0.15, -0.1) is 0 Å². The molecule has 0 aliphatic carbocycles. The summed E-state index contributed by atoms with van der Waals surface area (Å²) < 4.78 is 4.92. The number of anilines is 1. The van der Waals surface area contributed by atoms with Crippen LogP contribution in [0.5, 0.6) is 0 Å². The number of hydrogen-bond acceptors (Lipinski definition) is 4. The van der Waals surface area contributed by atoms with Gasteiger partial charge in [0, 0.05) is 38.5 Å². The molecule has 0 radical (unpaired) electrons. The normalized spacial score (nSPS) is 16.9. The Hall–Kier alpha value is -1.59. The van der Waals surface area contributed by atoms with Crippen LogP contribution < -0.4 is 15.5 Å². The second-order valence-electron chi connectivity index (χ2n) is 5.39. The fraction of sp³-hybridized carbons (Fsp3) is 0.562. The molecule has 0 spiro atoms. The van der Waals surface area contributed by atoms with Gasteiger partial charge in [-0.05, 0) is 25.0 Å². The molecular weight excluding hydrogens is 266 g/mol. The third-order valence-corrected chi connectivity index (χ3v) is 3.79. The molecule has 1 aromatic rings. The number of ether oxygens (including phenoxy) is 1. The highest BCUT2D eigenvalue weighted by Crippen LogP contribution is 2.30. The number of carbonyl (C=O) groups excluding carboxylic acids is 1. The molecule has 1 aromatic carbocycles. The molecule has 1 amide bonds. The van der Waals surface area contributed by atoms with Crippen molar-refractivity contribution in [1.82, 2.24) is 10.6 Å². The Labute approximate surface area is 126 Å². The molecule has 2 N–H and O–H groups in total. The summed E-state index contributed by atoms with van der Waals surface area (Å²) >= 11 is 0. The van der Waals surface area contributed by atoms with Crippen LogP contribution in [0.2, 0.25) is 0 Å². The zero-order valence-electron chi connectivity index (χ0n) is 12.9. The van der Waals surface area contributed by atoms with Crippen molar-refractivity contribution < 1.29 is 9.53 Å². The first kappa shape index (κ1) is 15.8. The predicted octanol–water partition coefficient (Wildman–Crippen LogP) is 0.790. The van der Waals surface area contributed by atoms with Crippen molar-refractivity contribution in [2.24, 2.45) is 0 Å². The molecule has 1 unspecified atom stereocenters. The maximum absolute atomic E-state index is 11.7. The monoisotopic (exact) mass is 291 g/mol. The van der Waals surface area contributed by atoms with E-state index in [4.69, 9.17) is 4.74 Å². The SMILES string of the molecule is COCCNCC(=O)NCCN1c2ccccc2CC1C. The number of amides is 1. The van der Waals surface area contributed by atoms with E-state index in [1.165, 1.54) is 11.3 Å². The molecule has 1 heterocycles. The van der Waals surface area contributed by atoms with Crippen LogP contribution in [-0.2, 0) is 16.0 Å². The van der Waals surface area contributed by atoms with Gasteiger partial charge in [0.1, 0.15) is 0 Å². The first-order chi connectivity index (χ1) is 10.2. The highest BCUT2D eigenvalue weighted by Gasteiger charge is 2.24. The molecule has 1 atom stereocenters. The Morgan fingerprint density at radius 3 is 3.00 bits per heavy atom. The van der Waals surface area contributed by atoms with Crippen LogP contribution in [0.15, 0.2) is 24.3 Å². The van der Waals surface area contributed by atoms with E-state index in [-0.39, 0.29) is 5.91 Å². The van der Waals surface area contributed by atoms with Crippen LogP contribution in [0.25, 0.3) is 0 Å². The van der Waals surface area contributed by atoms with Crippen molar-refractivity contribution in [1.29, 1.82) is 0 Å². The topological polar surface area (TPSA) is 53.6 Å². The first-order valence-corrected chi connectivity index (χ1v) is 7.53. The third-order valence-electron chi connectivity index (χ3n) is 3.79. The quantitative estimate of drug-likeness (QED) is 0.695. The van der Waals surface area contributed by atoms with E-state index in [0.717, 1.165) is 13.0 Å². The summed E-state index contributed by atoms with van der Waals surface area (Å²) in [4.78, 5) is 14.0. The largest absolute Gasteiger partial charge is 0.383 e. The van der Waals surface area contributed by atoms with Gasteiger partial charge in [0.2, 0.25) is 5.91 Å². The van der Waals surface area contributed by atoms with Crippen molar-refractivity contribution in [3.8, 4) is 0 Å². The summed E-state index contributed by atoms with van der Waals surface area (Å²) in [7, 11) is 1.65. The van der Waals surface area contributed by atoms with Crippen molar-refractivity contribution in [3.05, 3.63) is 29.8 Å². The minimum Gasteiger partial charge on any atom is -0.383 e. The maximum Gasteiger partial charge on any atom is 0.234 e. The molecule has 0 saturated carbocycles. The number of carbonyl (C=O) groups is 1. The Morgan fingerprint density at radius 1 is 1.38 bits per heavy atom. The zero-order chi connectivity index (χ0) is 15.1. The molecule has 5 heteroatoms. The average Bonchev–Trinajstić information content (AvgIpc) is 2.80. The lowest BCUT2D eigenvalue weighted by atomic mass is 10.1. The fourth-order valence-corrected chi connectivity index (χ4v) is 2.72. The van der Waals surface area contributed by atoms with Crippen LogP contribution >= 0.6 is 0 Å². The van der Waals surface area contributed by atoms with E-state index < -0.39 is 0 Å². The number of fused-ring (bicyclic) bond motifs is 1. The zero-order valence-corrected chi connectivity index (χ0v) is 12.9. The van der Waals surface area contributed by atoms with Gasteiger partial charge in [0.15, 0.2) is 0 Å². The third kappa shape index (κ3) is 4.44. The molecule has 21 heavy (non-hydrogen) atoms. The van der Waals surface area contributed by atoms with E-state index >= 15 is 0 Å². The molecular formula is C16H25N3O2. The molecule has 0 bridgehead atoms. The number of nitrogens with one attached hydrogen (secondary N) is 2. The van der Waals surface area contributed by atoms with Crippen LogP contribution in [0.4, 0.5) is 5.69 Å². The van der Waals surface area contributed by atoms with Crippen molar-refractivity contribution >= 4 is 11.6 Å². The van der Waals surface area contributed by atoms with Crippen LogP contribution in [-0.4, -0.2) is 51.8 Å². The number of benzene rings is 1. The Bertz CT molecular complexity index is 465. The lowest BCUT2D eigenvalue weighted by molar-refractivity contribution is -0.120. The summed E-state index contributed by atoms with van der Waals surface area (Å²) in [5, 5.41) is 5.99. The number of para-hydroxylation sites is 1. The highest BCUT2D eigenvalue weighted by atomic mass is 16.5. The van der Waals surface area contributed by atoms with Gasteiger partial charge >= 0.3 is 0 Å². The molecule has 2 rings (SSSR count). The smallest absolute Gasteiger partial charge is 0.234 e. The number of rotatable bonds is 8. The van der Waals surface area contributed by atoms with E-state index in [1.54, 1.807) is 7.11 Å². The standard InChI is InChI=1S/C16H25N3O2/c1-13-11-14-5-3-4-6-15(14)19(13)9-7-18-16(20)12-17-8-10-21-2/h3-6,13,17H,7-12H2,1-2H3,(H,18,20). The van der Waals surface area contributed by atoms with Crippen molar-refractivity contribution in [3.63, 3.8) is 0 Å². The van der Waals surface area contributed by atoms with Gasteiger partial charge in [0.05, 0.1) is 13.2 Å². The van der Waals surface area contributed by atoms with Gasteiger partial charge in [-0.2, -0.15) is 0 Å². The molecule has 0 saturated heterocycles. The van der Waals surface area contributed by atoms with Crippen LogP contribution in [0.3, 0.4) is 0 Å². The van der Waals surface area contributed by atoms with Gasteiger partial charge in [-0.3, -0.25) is 4.79 Å². The summed E-state index contributed by atoms with van der Waals surface area (Å²) in [6, 6.07) is 9.00. The highest BCUT2D eigenvalue weighted by molar-refractivity contribution is 5.78. The van der Waals surface area contributed by atoms with E-state index in [0.29, 0.717) is 32.3 Å². The van der Waals surface area contributed by atoms with Crippen molar-refractivity contribution in [2.75, 3.05) is 44.8 Å². The first-order valence-electron chi connectivity index (χ1n) is 7.53. The Morgan fingerprint density at radius 2 is 2.19 bits per heavy atom. The minimum atomic E-state index is 0.0336. The van der Waals surface area contributed by atoms with Crippen molar-refractivity contribution in [2.45, 2.75) is 19.4 Å². The lowest BCUT2D eigenvalue weighted by Crippen LogP contribution is -2.41. The number of hydrogen-bond donors (Lipinski definition) is 2. The van der Waals surface area contributed by atoms with E-state index in [1.807, 2.05) is 0 Å². The van der Waals surface area contributed by atoms with E-state index in [9.17, 15) is 4.79 Å². The molecule has 1 aliphatic heterocycles. The number of methoxy groups -OCH3 is 1. The maximum atomic E-state index is 11.7. The van der Waals surface area contributed by atoms with Gasteiger partial charge < -0.3 is 20.3 Å². The second-order valence-corrected chi connectivity index (χ2v) is 5.39. The molecule has 1 aliphatic rings. The molecule has 0 aromatic heterocycles. The van der Waals surface area contributed by atoms with Crippen LogP contribution in [0.1, 0.15) is 12.5 Å². The lowest BCUT2D eigenvalue weighted by Gasteiger charge is -2.25. The number of nitrogens with zero attached hydrogens (tertiary/aromatic N) is 1. The predicted molar refractivity (Wildman–Crippen MR) is 84.7 cm³/mol. The summed E-state index contributed by atoms with van der Waals surface area (Å²) in [6.45, 7) is 5.41. The summed E-state index contributed by atoms with van der Waals surface area (Å²) in [5.74, 6) is 0.0336. The van der Waals surface area contributed by atoms with Crippen LogP contribution in [0, 0.1) is 0 Å². The summed E-state index contributed by atoms with van der Waals surface area (Å²) in [6.07, 6.45) is 1.09. The Kier molecular flexibility index (Phi) is 6.02.